The Labute approximate surface area is 266 Å². The van der Waals surface area contributed by atoms with Crippen molar-refractivity contribution in [3.8, 4) is 28.1 Å². The maximum Gasteiger partial charge on any atom is 0.335 e. The first kappa shape index (κ1) is 29.9. The van der Waals surface area contributed by atoms with Gasteiger partial charge in [0.1, 0.15) is 12.3 Å². The lowest BCUT2D eigenvalue weighted by atomic mass is 9.81. The third kappa shape index (κ3) is 5.38. The highest BCUT2D eigenvalue weighted by atomic mass is 19.1. The molecule has 8 nitrogen and oxygen atoms in total. The topological polar surface area (TPSA) is 93.9 Å². The summed E-state index contributed by atoms with van der Waals surface area (Å²) in [7, 11) is 1.60. The van der Waals surface area contributed by atoms with Gasteiger partial charge in [-0.1, -0.05) is 55.7 Å². The Morgan fingerprint density at radius 3 is 2.43 bits per heavy atom. The largest absolute Gasteiger partial charge is 0.495 e. The zero-order chi connectivity index (χ0) is 31.8. The van der Waals surface area contributed by atoms with Crippen molar-refractivity contribution >= 4 is 33.7 Å². The van der Waals surface area contributed by atoms with E-state index in [1.54, 1.807) is 36.3 Å². The Balaban J connectivity index is 1.51. The SMILES string of the molecule is COc1c(-c2c(C3CCCCC3)c3ccc(C(=O)O)cc3n2CC(=O)N2CCOCC2)ccc2nc(F)c(-c3ccccc3)cc12. The summed E-state index contributed by atoms with van der Waals surface area (Å²) in [4.78, 5) is 32.1. The summed E-state index contributed by atoms with van der Waals surface area (Å²) in [5.74, 6) is -0.913. The molecule has 7 rings (SSSR count). The first-order valence-corrected chi connectivity index (χ1v) is 15.9. The van der Waals surface area contributed by atoms with Gasteiger partial charge in [-0.25, -0.2) is 9.78 Å². The molecule has 0 radical (unpaired) electrons. The second-order valence-corrected chi connectivity index (χ2v) is 12.1. The average Bonchev–Trinajstić information content (AvgIpc) is 3.41. The van der Waals surface area contributed by atoms with Crippen LogP contribution in [0.2, 0.25) is 0 Å². The second kappa shape index (κ2) is 12.6. The Morgan fingerprint density at radius 1 is 0.957 bits per heavy atom. The molecule has 0 bridgehead atoms. The molecule has 2 aromatic heterocycles. The summed E-state index contributed by atoms with van der Waals surface area (Å²) in [5.41, 5.74) is 5.06. The Kier molecular flexibility index (Phi) is 8.17. The van der Waals surface area contributed by atoms with Gasteiger partial charge in [-0.05, 0) is 60.2 Å². The molecule has 3 aromatic carbocycles. The van der Waals surface area contributed by atoms with Crippen molar-refractivity contribution in [1.29, 1.82) is 0 Å². The average molecular weight is 622 g/mol. The molecule has 0 unspecified atom stereocenters. The van der Waals surface area contributed by atoms with Crippen LogP contribution >= 0.6 is 0 Å². The van der Waals surface area contributed by atoms with Crippen LogP contribution in [0.4, 0.5) is 4.39 Å². The number of carbonyl (C=O) groups excluding carboxylic acids is 1. The molecule has 2 fully saturated rings. The van der Waals surface area contributed by atoms with Crippen LogP contribution in [0, 0.1) is 5.95 Å². The Morgan fingerprint density at radius 2 is 1.72 bits per heavy atom. The summed E-state index contributed by atoms with van der Waals surface area (Å²) in [5, 5.41) is 11.5. The van der Waals surface area contributed by atoms with E-state index in [1.165, 1.54) is 6.42 Å². The number of amides is 1. The number of methoxy groups -OCH3 is 1. The molecular formula is C37H36FN3O5. The number of aromatic carboxylic acids is 1. The number of carboxylic acid groups (broad SMARTS) is 1. The number of rotatable bonds is 7. The van der Waals surface area contributed by atoms with Gasteiger partial charge in [0.25, 0.3) is 0 Å². The van der Waals surface area contributed by atoms with Gasteiger partial charge >= 0.3 is 5.97 Å². The first-order valence-electron chi connectivity index (χ1n) is 15.9. The smallest absolute Gasteiger partial charge is 0.335 e. The monoisotopic (exact) mass is 621 g/mol. The third-order valence-corrected chi connectivity index (χ3v) is 9.47. The quantitative estimate of drug-likeness (QED) is 0.192. The summed E-state index contributed by atoms with van der Waals surface area (Å²) >= 11 is 0. The van der Waals surface area contributed by atoms with Crippen molar-refractivity contribution in [1.82, 2.24) is 14.5 Å². The van der Waals surface area contributed by atoms with Crippen LogP contribution in [0.3, 0.4) is 0 Å². The van der Waals surface area contributed by atoms with Gasteiger partial charge in [0.2, 0.25) is 11.9 Å². The number of carbonyl (C=O) groups is 2. The molecule has 236 valence electrons. The molecule has 9 heteroatoms. The number of fused-ring (bicyclic) bond motifs is 2. The number of hydrogen-bond acceptors (Lipinski definition) is 5. The fourth-order valence-corrected chi connectivity index (χ4v) is 7.24. The molecule has 1 saturated carbocycles. The molecular weight excluding hydrogens is 585 g/mol. The summed E-state index contributed by atoms with van der Waals surface area (Å²) < 4.78 is 29.0. The number of ether oxygens (including phenoxy) is 2. The normalized spacial score (nSPS) is 15.8. The number of aromatic nitrogens is 2. The molecule has 5 aromatic rings. The molecule has 1 N–H and O–H groups in total. The van der Waals surface area contributed by atoms with E-state index in [-0.39, 0.29) is 23.9 Å². The highest BCUT2D eigenvalue weighted by molar-refractivity contribution is 6.02. The molecule has 1 aliphatic carbocycles. The molecule has 46 heavy (non-hydrogen) atoms. The summed E-state index contributed by atoms with van der Waals surface area (Å²) in [6.45, 7) is 1.99. The lowest BCUT2D eigenvalue weighted by Gasteiger charge is -2.28. The minimum atomic E-state index is -1.03. The lowest BCUT2D eigenvalue weighted by molar-refractivity contribution is -0.135. The lowest BCUT2D eigenvalue weighted by Crippen LogP contribution is -2.42. The van der Waals surface area contributed by atoms with Crippen LogP contribution in [0.15, 0.2) is 66.7 Å². The maximum absolute atomic E-state index is 15.3. The highest BCUT2D eigenvalue weighted by Crippen LogP contribution is 2.48. The van der Waals surface area contributed by atoms with Crippen molar-refractivity contribution in [3.63, 3.8) is 0 Å². The van der Waals surface area contributed by atoms with E-state index in [4.69, 9.17) is 9.47 Å². The van der Waals surface area contributed by atoms with Crippen molar-refractivity contribution in [2.45, 2.75) is 44.6 Å². The summed E-state index contributed by atoms with van der Waals surface area (Å²) in [6, 6.07) is 20.0. The standard InChI is InChI=1S/C37H36FN3O5/c1-45-35-27(14-15-30-29(35)21-28(36(38)39-30)23-8-4-2-5-9-23)34-33(24-10-6-3-7-11-24)26-13-12-25(37(43)44)20-31(26)41(34)22-32(42)40-16-18-46-19-17-40/h2,4-5,8-9,12-15,20-21,24H,3,6-7,10-11,16-19,22H2,1H3,(H,43,44). The molecule has 2 aliphatic rings. The molecule has 1 aliphatic heterocycles. The van der Waals surface area contributed by atoms with Crippen LogP contribution in [-0.4, -0.2) is 64.8 Å². The van der Waals surface area contributed by atoms with E-state index >= 15 is 4.39 Å². The predicted molar refractivity (Wildman–Crippen MR) is 175 cm³/mol. The predicted octanol–water partition coefficient (Wildman–Crippen LogP) is 7.28. The number of pyridine rings is 1. The van der Waals surface area contributed by atoms with E-state index in [9.17, 15) is 14.7 Å². The highest BCUT2D eigenvalue weighted by Gasteiger charge is 2.31. The zero-order valence-corrected chi connectivity index (χ0v) is 25.8. The fourth-order valence-electron chi connectivity index (χ4n) is 7.24. The summed E-state index contributed by atoms with van der Waals surface area (Å²) in [6.07, 6.45) is 5.34. The van der Waals surface area contributed by atoms with Gasteiger partial charge in [-0.3, -0.25) is 4.79 Å². The van der Waals surface area contributed by atoms with Crippen molar-refractivity contribution in [3.05, 3.63) is 83.8 Å². The van der Waals surface area contributed by atoms with Crippen molar-refractivity contribution in [2.75, 3.05) is 33.4 Å². The molecule has 0 spiro atoms. The van der Waals surface area contributed by atoms with E-state index in [0.29, 0.717) is 59.6 Å². The minimum Gasteiger partial charge on any atom is -0.495 e. The van der Waals surface area contributed by atoms with Crippen molar-refractivity contribution in [2.24, 2.45) is 0 Å². The van der Waals surface area contributed by atoms with Gasteiger partial charge in [0.15, 0.2) is 0 Å². The minimum absolute atomic E-state index is 0.0275. The molecule has 3 heterocycles. The van der Waals surface area contributed by atoms with E-state index in [1.807, 2.05) is 47.0 Å². The van der Waals surface area contributed by atoms with Gasteiger partial charge in [0, 0.05) is 35.0 Å². The molecule has 1 amide bonds. The second-order valence-electron chi connectivity index (χ2n) is 12.1. The van der Waals surface area contributed by atoms with E-state index in [0.717, 1.165) is 47.9 Å². The van der Waals surface area contributed by atoms with Crippen LogP contribution in [0.5, 0.6) is 5.75 Å². The number of benzene rings is 3. The first-order chi connectivity index (χ1) is 22.4. The number of morpholine rings is 1. The van der Waals surface area contributed by atoms with Crippen LogP contribution in [-0.2, 0) is 16.1 Å². The van der Waals surface area contributed by atoms with Crippen LogP contribution < -0.4 is 4.74 Å². The number of nitrogens with zero attached hydrogens (tertiary/aromatic N) is 3. The van der Waals surface area contributed by atoms with Crippen molar-refractivity contribution < 1.29 is 28.6 Å². The van der Waals surface area contributed by atoms with Gasteiger partial charge in [-0.15, -0.1) is 0 Å². The Bertz CT molecular complexity index is 1940. The van der Waals surface area contributed by atoms with Crippen LogP contribution in [0.1, 0.15) is 53.9 Å². The van der Waals surface area contributed by atoms with Gasteiger partial charge in [0.05, 0.1) is 42.6 Å². The molecule has 1 saturated heterocycles. The maximum atomic E-state index is 15.3. The molecule has 0 atom stereocenters. The number of halogens is 1. The van der Waals surface area contributed by atoms with Gasteiger partial charge < -0.3 is 24.0 Å². The third-order valence-electron chi connectivity index (χ3n) is 9.47. The number of carboxylic acids is 1. The fraction of sp³-hybridized carbons (Fsp3) is 0.324. The Hall–Kier alpha value is -4.76. The zero-order valence-electron chi connectivity index (χ0n) is 25.8. The number of hydrogen-bond donors (Lipinski definition) is 1. The van der Waals surface area contributed by atoms with E-state index < -0.39 is 11.9 Å². The van der Waals surface area contributed by atoms with Gasteiger partial charge in [-0.2, -0.15) is 4.39 Å². The van der Waals surface area contributed by atoms with E-state index in [2.05, 4.69) is 4.98 Å². The van der Waals surface area contributed by atoms with Crippen LogP contribution in [0.25, 0.3) is 44.2 Å².